The fourth-order valence-electron chi connectivity index (χ4n) is 1.43. The molecule has 1 unspecified atom stereocenters. The van der Waals surface area contributed by atoms with Crippen LogP contribution in [0.1, 0.15) is 31.5 Å². The second-order valence-electron chi connectivity index (χ2n) is 4.18. The van der Waals surface area contributed by atoms with Gasteiger partial charge in [-0.15, -0.1) is 0 Å². The highest BCUT2D eigenvalue weighted by atomic mass is 16.1. The lowest BCUT2D eigenvalue weighted by Gasteiger charge is -2.12. The van der Waals surface area contributed by atoms with Crippen molar-refractivity contribution in [1.82, 2.24) is 9.97 Å². The van der Waals surface area contributed by atoms with Crippen LogP contribution in [0, 0.1) is 0 Å². The summed E-state index contributed by atoms with van der Waals surface area (Å²) in [5.74, 6) is 7.15. The number of nitrogens with zero attached hydrogens (tertiary/aromatic N) is 2. The Balaban J connectivity index is 2.20. The minimum absolute atomic E-state index is 0.410. The third-order valence-electron chi connectivity index (χ3n) is 2.62. The summed E-state index contributed by atoms with van der Waals surface area (Å²) >= 11 is 0. The lowest BCUT2D eigenvalue weighted by atomic mass is 10.3. The standard InChI is InChI=1S/C10H16N6O/c1-5(9(11)17)13-7-4-8(16-12)15-10(14-7)6-2-3-6/h4-6H,2-3,12H2,1H3,(H2,11,17)(H2,13,14,15,16). The third kappa shape index (κ3) is 2.82. The van der Waals surface area contributed by atoms with E-state index in [4.69, 9.17) is 11.6 Å². The largest absolute Gasteiger partial charge is 0.368 e. The normalized spacial score (nSPS) is 16.4. The second-order valence-corrected chi connectivity index (χ2v) is 4.18. The molecule has 7 nitrogen and oxygen atoms in total. The summed E-state index contributed by atoms with van der Waals surface area (Å²) in [6, 6.07) is 1.16. The molecule has 6 N–H and O–H groups in total. The molecule has 1 aliphatic carbocycles. The van der Waals surface area contributed by atoms with Crippen LogP contribution in [-0.2, 0) is 4.79 Å². The maximum Gasteiger partial charge on any atom is 0.239 e. The average Bonchev–Trinajstić information content (AvgIpc) is 3.12. The van der Waals surface area contributed by atoms with Gasteiger partial charge in [-0.05, 0) is 19.8 Å². The number of amides is 1. The van der Waals surface area contributed by atoms with E-state index in [1.54, 1.807) is 13.0 Å². The van der Waals surface area contributed by atoms with Gasteiger partial charge in [0, 0.05) is 12.0 Å². The lowest BCUT2D eigenvalue weighted by Crippen LogP contribution is -2.33. The molecule has 92 valence electrons. The van der Waals surface area contributed by atoms with E-state index in [0.29, 0.717) is 17.6 Å². The molecule has 0 spiro atoms. The van der Waals surface area contributed by atoms with E-state index in [2.05, 4.69) is 20.7 Å². The van der Waals surface area contributed by atoms with Gasteiger partial charge in [-0.1, -0.05) is 0 Å². The molecule has 0 saturated heterocycles. The maximum absolute atomic E-state index is 11.0. The molecule has 1 aliphatic rings. The molecule has 1 heterocycles. The first-order valence-corrected chi connectivity index (χ1v) is 5.51. The zero-order valence-corrected chi connectivity index (χ0v) is 9.60. The monoisotopic (exact) mass is 236 g/mol. The Hall–Kier alpha value is -1.89. The Labute approximate surface area is 99.0 Å². The van der Waals surface area contributed by atoms with Gasteiger partial charge in [-0.25, -0.2) is 15.8 Å². The molecule has 0 aromatic carbocycles. The van der Waals surface area contributed by atoms with Gasteiger partial charge in [0.25, 0.3) is 0 Å². The van der Waals surface area contributed by atoms with Crippen LogP contribution in [0.25, 0.3) is 0 Å². The number of rotatable bonds is 5. The zero-order chi connectivity index (χ0) is 12.4. The topological polar surface area (TPSA) is 119 Å². The number of carbonyl (C=O) groups is 1. The minimum Gasteiger partial charge on any atom is -0.368 e. The van der Waals surface area contributed by atoms with Crippen molar-refractivity contribution >= 4 is 17.5 Å². The Morgan fingerprint density at radius 2 is 2.12 bits per heavy atom. The van der Waals surface area contributed by atoms with Crippen molar-refractivity contribution < 1.29 is 4.79 Å². The number of anilines is 2. The predicted octanol–water partition coefficient (Wildman–Crippen LogP) is -0.0747. The Morgan fingerprint density at radius 1 is 1.47 bits per heavy atom. The summed E-state index contributed by atoms with van der Waals surface area (Å²) in [4.78, 5) is 19.6. The van der Waals surface area contributed by atoms with Crippen molar-refractivity contribution in [2.24, 2.45) is 11.6 Å². The summed E-state index contributed by atoms with van der Waals surface area (Å²) in [6.45, 7) is 1.68. The summed E-state index contributed by atoms with van der Waals surface area (Å²) in [7, 11) is 0. The Kier molecular flexibility index (Phi) is 3.10. The highest BCUT2D eigenvalue weighted by molar-refractivity contribution is 5.82. The molecular weight excluding hydrogens is 220 g/mol. The highest BCUT2D eigenvalue weighted by Crippen LogP contribution is 2.38. The molecule has 1 aromatic rings. The zero-order valence-electron chi connectivity index (χ0n) is 9.60. The van der Waals surface area contributed by atoms with Crippen LogP contribution < -0.4 is 22.3 Å². The fraction of sp³-hybridized carbons (Fsp3) is 0.500. The van der Waals surface area contributed by atoms with Gasteiger partial charge in [0.05, 0.1) is 0 Å². The average molecular weight is 236 g/mol. The molecule has 0 bridgehead atoms. The summed E-state index contributed by atoms with van der Waals surface area (Å²) < 4.78 is 0. The summed E-state index contributed by atoms with van der Waals surface area (Å²) in [5.41, 5.74) is 7.66. The van der Waals surface area contributed by atoms with E-state index in [1.165, 1.54) is 0 Å². The van der Waals surface area contributed by atoms with Crippen molar-refractivity contribution in [2.75, 3.05) is 10.7 Å². The quantitative estimate of drug-likeness (QED) is 0.419. The third-order valence-corrected chi connectivity index (χ3v) is 2.62. The van der Waals surface area contributed by atoms with E-state index in [0.717, 1.165) is 18.7 Å². The molecule has 1 fully saturated rings. The van der Waals surface area contributed by atoms with Gasteiger partial charge >= 0.3 is 0 Å². The van der Waals surface area contributed by atoms with Crippen LogP contribution in [-0.4, -0.2) is 21.9 Å². The van der Waals surface area contributed by atoms with Crippen molar-refractivity contribution in [1.29, 1.82) is 0 Å². The van der Waals surface area contributed by atoms with Crippen molar-refractivity contribution in [3.8, 4) is 0 Å². The molecule has 1 aromatic heterocycles. The van der Waals surface area contributed by atoms with Crippen LogP contribution in [0.5, 0.6) is 0 Å². The van der Waals surface area contributed by atoms with Gasteiger partial charge in [0.2, 0.25) is 5.91 Å². The van der Waals surface area contributed by atoms with Crippen LogP contribution in [0.3, 0.4) is 0 Å². The Bertz CT molecular complexity index is 431. The van der Waals surface area contributed by atoms with E-state index in [-0.39, 0.29) is 0 Å². The first kappa shape index (κ1) is 11.6. The van der Waals surface area contributed by atoms with Gasteiger partial charge in [0.1, 0.15) is 23.5 Å². The number of nitrogens with two attached hydrogens (primary N) is 2. The first-order valence-electron chi connectivity index (χ1n) is 5.51. The number of nitrogens with one attached hydrogen (secondary N) is 2. The molecule has 1 atom stereocenters. The van der Waals surface area contributed by atoms with Crippen LogP contribution in [0.2, 0.25) is 0 Å². The number of primary amides is 1. The number of nitrogen functional groups attached to an aromatic ring is 1. The lowest BCUT2D eigenvalue weighted by molar-refractivity contribution is -0.118. The number of hydrogen-bond donors (Lipinski definition) is 4. The number of carbonyl (C=O) groups excluding carboxylic acids is 1. The maximum atomic E-state index is 11.0. The molecule has 17 heavy (non-hydrogen) atoms. The number of aromatic nitrogens is 2. The van der Waals surface area contributed by atoms with Crippen LogP contribution >= 0.6 is 0 Å². The van der Waals surface area contributed by atoms with Gasteiger partial charge in [0.15, 0.2) is 0 Å². The van der Waals surface area contributed by atoms with Crippen molar-refractivity contribution in [2.45, 2.75) is 31.7 Å². The van der Waals surface area contributed by atoms with E-state index in [9.17, 15) is 4.79 Å². The summed E-state index contributed by atoms with van der Waals surface area (Å²) in [6.07, 6.45) is 2.19. The molecule has 1 saturated carbocycles. The van der Waals surface area contributed by atoms with E-state index < -0.39 is 11.9 Å². The first-order chi connectivity index (χ1) is 8.10. The molecule has 1 amide bonds. The van der Waals surface area contributed by atoms with Crippen molar-refractivity contribution in [3.63, 3.8) is 0 Å². The highest BCUT2D eigenvalue weighted by Gasteiger charge is 2.27. The number of hydrogen-bond acceptors (Lipinski definition) is 6. The fourth-order valence-corrected chi connectivity index (χ4v) is 1.43. The summed E-state index contributed by atoms with van der Waals surface area (Å²) in [5, 5.41) is 2.92. The van der Waals surface area contributed by atoms with Gasteiger partial charge in [-0.3, -0.25) is 4.79 Å². The molecule has 7 heteroatoms. The second kappa shape index (κ2) is 4.54. The van der Waals surface area contributed by atoms with Crippen molar-refractivity contribution in [3.05, 3.63) is 11.9 Å². The minimum atomic E-state index is -0.484. The van der Waals surface area contributed by atoms with Crippen LogP contribution in [0.4, 0.5) is 11.6 Å². The van der Waals surface area contributed by atoms with Gasteiger partial charge < -0.3 is 16.5 Å². The van der Waals surface area contributed by atoms with E-state index in [1.807, 2.05) is 0 Å². The molecular formula is C10H16N6O. The Morgan fingerprint density at radius 3 is 2.65 bits per heavy atom. The van der Waals surface area contributed by atoms with Gasteiger partial charge in [-0.2, -0.15) is 0 Å². The SMILES string of the molecule is CC(Nc1cc(NN)nc(C2CC2)n1)C(N)=O. The molecule has 0 radical (unpaired) electrons. The van der Waals surface area contributed by atoms with Crippen LogP contribution in [0.15, 0.2) is 6.07 Å². The molecule has 0 aliphatic heterocycles. The molecule has 2 rings (SSSR count). The van der Waals surface area contributed by atoms with E-state index >= 15 is 0 Å². The smallest absolute Gasteiger partial charge is 0.239 e. The number of hydrazine groups is 1. The predicted molar refractivity (Wildman–Crippen MR) is 64.1 cm³/mol.